The maximum absolute atomic E-state index is 12.1. The molecular weight excluding hydrogens is 298 g/mol. The van der Waals surface area contributed by atoms with E-state index >= 15 is 0 Å². The van der Waals surface area contributed by atoms with Gasteiger partial charge in [-0.25, -0.2) is 0 Å². The quantitative estimate of drug-likeness (QED) is 0.451. The average Bonchev–Trinajstić information content (AvgIpc) is 3.07. The van der Waals surface area contributed by atoms with Crippen LogP contribution < -0.4 is 10.1 Å². The number of nitro groups is 1. The van der Waals surface area contributed by atoms with Gasteiger partial charge < -0.3 is 15.0 Å². The largest absolute Gasteiger partial charge is 0.490 e. The van der Waals surface area contributed by atoms with Crippen molar-refractivity contribution in [1.29, 1.82) is 0 Å². The number of benzene rings is 1. The number of likely N-dealkylation sites (tertiary alicyclic amines) is 1. The van der Waals surface area contributed by atoms with Crippen LogP contribution in [0, 0.1) is 10.1 Å². The molecule has 0 atom stereocenters. The van der Waals surface area contributed by atoms with Gasteiger partial charge in [0.2, 0.25) is 0 Å². The monoisotopic (exact) mass is 321 g/mol. The van der Waals surface area contributed by atoms with E-state index in [0.717, 1.165) is 19.4 Å². The summed E-state index contributed by atoms with van der Waals surface area (Å²) in [6, 6.07) is 4.23. The van der Waals surface area contributed by atoms with Crippen LogP contribution in [0.3, 0.4) is 0 Å². The highest BCUT2D eigenvalue weighted by Crippen LogP contribution is 2.27. The molecule has 0 spiro atoms. The van der Waals surface area contributed by atoms with Crippen LogP contribution in [0.4, 0.5) is 5.69 Å². The van der Waals surface area contributed by atoms with E-state index in [4.69, 9.17) is 4.74 Å². The van der Waals surface area contributed by atoms with Gasteiger partial charge in [0.05, 0.1) is 12.0 Å². The highest BCUT2D eigenvalue weighted by atomic mass is 16.6. The van der Waals surface area contributed by atoms with Gasteiger partial charge in [-0.05, 0) is 57.5 Å². The number of rotatable bonds is 8. The molecule has 2 rings (SSSR count). The minimum Gasteiger partial charge on any atom is -0.490 e. The van der Waals surface area contributed by atoms with Gasteiger partial charge in [-0.3, -0.25) is 14.9 Å². The fourth-order valence-electron chi connectivity index (χ4n) is 2.74. The lowest BCUT2D eigenvalue weighted by atomic mass is 10.1. The second kappa shape index (κ2) is 8.47. The lowest BCUT2D eigenvalue weighted by Gasteiger charge is -2.14. The van der Waals surface area contributed by atoms with Crippen molar-refractivity contribution >= 4 is 11.6 Å². The molecule has 126 valence electrons. The van der Waals surface area contributed by atoms with Crippen LogP contribution in [-0.4, -0.2) is 49.0 Å². The van der Waals surface area contributed by atoms with Crippen LogP contribution in [0.25, 0.3) is 0 Å². The van der Waals surface area contributed by atoms with Gasteiger partial charge in [0.25, 0.3) is 5.91 Å². The molecule has 1 aliphatic heterocycles. The number of unbranched alkanes of at least 4 members (excludes halogenated alkanes) is 1. The lowest BCUT2D eigenvalue weighted by molar-refractivity contribution is -0.385. The molecule has 0 aliphatic carbocycles. The first kappa shape index (κ1) is 17.2. The van der Waals surface area contributed by atoms with E-state index in [1.54, 1.807) is 0 Å². The van der Waals surface area contributed by atoms with E-state index in [9.17, 15) is 14.9 Å². The van der Waals surface area contributed by atoms with Crippen molar-refractivity contribution < 1.29 is 14.5 Å². The minimum atomic E-state index is -0.550. The first-order valence-electron chi connectivity index (χ1n) is 7.95. The fourth-order valence-corrected chi connectivity index (χ4v) is 2.74. The third kappa shape index (κ3) is 4.92. The Morgan fingerprint density at radius 1 is 1.35 bits per heavy atom. The van der Waals surface area contributed by atoms with Gasteiger partial charge in [0.15, 0.2) is 5.75 Å². The van der Waals surface area contributed by atoms with Crippen molar-refractivity contribution in [2.75, 3.05) is 33.3 Å². The van der Waals surface area contributed by atoms with Gasteiger partial charge >= 0.3 is 5.69 Å². The Hall–Kier alpha value is -2.15. The SMILES string of the molecule is COc1ccc(C(=O)NCCCCN2CCCC2)cc1[N+](=O)[O-]. The summed E-state index contributed by atoms with van der Waals surface area (Å²) < 4.78 is 4.93. The molecule has 0 unspecified atom stereocenters. The van der Waals surface area contributed by atoms with Gasteiger partial charge in [-0.1, -0.05) is 0 Å². The zero-order chi connectivity index (χ0) is 16.7. The maximum Gasteiger partial charge on any atom is 0.311 e. The van der Waals surface area contributed by atoms with E-state index in [0.29, 0.717) is 6.54 Å². The first-order valence-corrected chi connectivity index (χ1v) is 7.95. The molecule has 7 heteroatoms. The third-order valence-corrected chi connectivity index (χ3v) is 4.02. The standard InChI is InChI=1S/C16H23N3O4/c1-23-15-7-6-13(12-14(15)19(21)22)16(20)17-8-2-3-9-18-10-4-5-11-18/h6-7,12H,2-5,8-11H2,1H3,(H,17,20). The lowest BCUT2D eigenvalue weighted by Crippen LogP contribution is -2.26. The molecule has 0 radical (unpaired) electrons. The van der Waals surface area contributed by atoms with Gasteiger partial charge in [-0.15, -0.1) is 0 Å². The number of ether oxygens (including phenoxy) is 1. The number of carbonyl (C=O) groups is 1. The van der Waals surface area contributed by atoms with Crippen LogP contribution in [0.2, 0.25) is 0 Å². The Morgan fingerprint density at radius 2 is 2.09 bits per heavy atom. The molecule has 1 saturated heterocycles. The molecule has 0 aromatic heterocycles. The molecule has 1 aromatic rings. The smallest absolute Gasteiger partial charge is 0.311 e. The van der Waals surface area contributed by atoms with Crippen LogP contribution in [0.15, 0.2) is 18.2 Å². The molecule has 1 aromatic carbocycles. The Kier molecular flexibility index (Phi) is 6.34. The summed E-state index contributed by atoms with van der Waals surface area (Å²) in [5.74, 6) is -0.144. The third-order valence-electron chi connectivity index (χ3n) is 4.02. The second-order valence-corrected chi connectivity index (χ2v) is 5.66. The summed E-state index contributed by atoms with van der Waals surface area (Å²) in [5.41, 5.74) is 0.0752. The molecule has 7 nitrogen and oxygen atoms in total. The zero-order valence-electron chi connectivity index (χ0n) is 13.4. The molecule has 0 bridgehead atoms. The Morgan fingerprint density at radius 3 is 2.74 bits per heavy atom. The van der Waals surface area contributed by atoms with Crippen molar-refractivity contribution in [1.82, 2.24) is 10.2 Å². The number of nitro benzene ring substituents is 1. The predicted octanol–water partition coefficient (Wildman–Crippen LogP) is 2.21. The van der Waals surface area contributed by atoms with Crippen molar-refractivity contribution in [2.24, 2.45) is 0 Å². The average molecular weight is 321 g/mol. The summed E-state index contributed by atoms with van der Waals surface area (Å²) in [4.78, 5) is 24.9. The van der Waals surface area contributed by atoms with E-state index < -0.39 is 4.92 Å². The Balaban J connectivity index is 1.78. The van der Waals surface area contributed by atoms with E-state index in [-0.39, 0.29) is 22.9 Å². The summed E-state index contributed by atoms with van der Waals surface area (Å²) in [5, 5.41) is 13.8. The van der Waals surface area contributed by atoms with Crippen LogP contribution in [0.5, 0.6) is 5.75 Å². The normalized spacial score (nSPS) is 14.7. The number of hydrogen-bond donors (Lipinski definition) is 1. The molecule has 1 amide bonds. The fraction of sp³-hybridized carbons (Fsp3) is 0.562. The second-order valence-electron chi connectivity index (χ2n) is 5.66. The van der Waals surface area contributed by atoms with Crippen molar-refractivity contribution in [3.63, 3.8) is 0 Å². The van der Waals surface area contributed by atoms with Crippen molar-refractivity contribution in [3.8, 4) is 5.75 Å². The molecule has 1 N–H and O–H groups in total. The molecule has 1 fully saturated rings. The number of hydrogen-bond acceptors (Lipinski definition) is 5. The van der Waals surface area contributed by atoms with E-state index in [1.807, 2.05) is 0 Å². The molecule has 23 heavy (non-hydrogen) atoms. The minimum absolute atomic E-state index is 0.150. The molecule has 1 heterocycles. The summed E-state index contributed by atoms with van der Waals surface area (Å²) in [7, 11) is 1.36. The Labute approximate surface area is 135 Å². The van der Waals surface area contributed by atoms with Crippen molar-refractivity contribution in [2.45, 2.75) is 25.7 Å². The summed E-state index contributed by atoms with van der Waals surface area (Å²) in [6.45, 7) is 4.01. The van der Waals surface area contributed by atoms with E-state index in [1.165, 1.54) is 51.2 Å². The van der Waals surface area contributed by atoms with Crippen LogP contribution >= 0.6 is 0 Å². The van der Waals surface area contributed by atoms with Crippen LogP contribution in [0.1, 0.15) is 36.0 Å². The highest BCUT2D eigenvalue weighted by molar-refractivity contribution is 5.95. The van der Waals surface area contributed by atoms with Gasteiger partial charge in [0.1, 0.15) is 0 Å². The molecule has 1 aliphatic rings. The Bertz CT molecular complexity index is 556. The predicted molar refractivity (Wildman–Crippen MR) is 86.9 cm³/mol. The topological polar surface area (TPSA) is 84.7 Å². The van der Waals surface area contributed by atoms with Crippen LogP contribution in [-0.2, 0) is 0 Å². The number of nitrogens with one attached hydrogen (secondary N) is 1. The maximum atomic E-state index is 12.1. The first-order chi connectivity index (χ1) is 11.1. The van der Waals surface area contributed by atoms with Gasteiger partial charge in [-0.2, -0.15) is 0 Å². The number of carbonyl (C=O) groups excluding carboxylic acids is 1. The summed E-state index contributed by atoms with van der Waals surface area (Å²) >= 11 is 0. The number of nitrogens with zero attached hydrogens (tertiary/aromatic N) is 2. The zero-order valence-corrected chi connectivity index (χ0v) is 13.4. The van der Waals surface area contributed by atoms with Crippen molar-refractivity contribution in [3.05, 3.63) is 33.9 Å². The summed E-state index contributed by atoms with van der Waals surface area (Å²) in [6.07, 6.45) is 4.52. The molecule has 0 saturated carbocycles. The van der Waals surface area contributed by atoms with Gasteiger partial charge in [0, 0.05) is 18.2 Å². The van der Waals surface area contributed by atoms with E-state index in [2.05, 4.69) is 10.2 Å². The number of amides is 1. The molecular formula is C16H23N3O4. The number of methoxy groups -OCH3 is 1. The highest BCUT2D eigenvalue weighted by Gasteiger charge is 2.18.